The Labute approximate surface area is 119 Å². The number of ether oxygens (including phenoxy) is 1. The number of nitriles is 2. The zero-order valence-corrected chi connectivity index (χ0v) is 11.5. The Morgan fingerprint density at radius 2 is 1.90 bits per heavy atom. The fraction of sp³-hybridized carbons (Fsp3) is 0.400. The summed E-state index contributed by atoms with van der Waals surface area (Å²) in [5, 5.41) is 17.2. The standard InChI is InChI=1S/C15H17N3O2/c1-13-5-2-6-14(11-13)20-12-15(19)18(9-3-7-16)10-4-8-17/h2,5-6,11H,3-4,9-10,12H2,1H3. The summed E-state index contributed by atoms with van der Waals surface area (Å²) in [7, 11) is 0. The second-order valence-electron chi connectivity index (χ2n) is 4.30. The van der Waals surface area contributed by atoms with Crippen molar-refractivity contribution in [3.63, 3.8) is 0 Å². The highest BCUT2D eigenvalue weighted by Crippen LogP contribution is 2.12. The van der Waals surface area contributed by atoms with E-state index >= 15 is 0 Å². The van der Waals surface area contributed by atoms with Gasteiger partial charge in [0.25, 0.3) is 5.91 Å². The molecular weight excluding hydrogens is 254 g/mol. The molecule has 0 bridgehead atoms. The van der Waals surface area contributed by atoms with Crippen molar-refractivity contribution in [3.05, 3.63) is 29.8 Å². The summed E-state index contributed by atoms with van der Waals surface area (Å²) in [6.07, 6.45) is 0.503. The van der Waals surface area contributed by atoms with Crippen LogP contribution in [-0.4, -0.2) is 30.5 Å². The molecule has 0 heterocycles. The third kappa shape index (κ3) is 5.41. The fourth-order valence-corrected chi connectivity index (χ4v) is 1.67. The van der Waals surface area contributed by atoms with Crippen molar-refractivity contribution in [2.45, 2.75) is 19.8 Å². The SMILES string of the molecule is Cc1cccc(OCC(=O)N(CCC#N)CCC#N)c1. The maximum Gasteiger partial charge on any atom is 0.260 e. The van der Waals surface area contributed by atoms with E-state index in [1.807, 2.05) is 37.3 Å². The molecule has 0 aliphatic rings. The monoisotopic (exact) mass is 271 g/mol. The van der Waals surface area contributed by atoms with Crippen LogP contribution >= 0.6 is 0 Å². The predicted molar refractivity (Wildman–Crippen MR) is 73.7 cm³/mol. The Hall–Kier alpha value is -2.53. The molecule has 0 atom stereocenters. The molecule has 5 nitrogen and oxygen atoms in total. The van der Waals surface area contributed by atoms with Crippen LogP contribution in [-0.2, 0) is 4.79 Å². The third-order valence-electron chi connectivity index (χ3n) is 2.69. The summed E-state index contributed by atoms with van der Waals surface area (Å²) in [5.41, 5.74) is 1.06. The summed E-state index contributed by atoms with van der Waals surface area (Å²) >= 11 is 0. The third-order valence-corrected chi connectivity index (χ3v) is 2.69. The molecule has 0 spiro atoms. The van der Waals surface area contributed by atoms with Crippen LogP contribution in [0.15, 0.2) is 24.3 Å². The van der Waals surface area contributed by atoms with Gasteiger partial charge in [0, 0.05) is 13.1 Å². The second-order valence-corrected chi connectivity index (χ2v) is 4.30. The van der Waals surface area contributed by atoms with E-state index in [-0.39, 0.29) is 25.4 Å². The lowest BCUT2D eigenvalue weighted by molar-refractivity contribution is -0.133. The summed E-state index contributed by atoms with van der Waals surface area (Å²) in [4.78, 5) is 13.5. The van der Waals surface area contributed by atoms with Crippen LogP contribution < -0.4 is 4.74 Å². The van der Waals surface area contributed by atoms with Gasteiger partial charge < -0.3 is 9.64 Å². The first-order chi connectivity index (χ1) is 9.67. The van der Waals surface area contributed by atoms with Crippen LogP contribution in [0, 0.1) is 29.6 Å². The van der Waals surface area contributed by atoms with Gasteiger partial charge in [-0.1, -0.05) is 12.1 Å². The maximum atomic E-state index is 12.0. The molecule has 0 saturated carbocycles. The van der Waals surface area contributed by atoms with Gasteiger partial charge in [-0.15, -0.1) is 0 Å². The normalized spacial score (nSPS) is 9.35. The lowest BCUT2D eigenvalue weighted by Crippen LogP contribution is -2.36. The smallest absolute Gasteiger partial charge is 0.260 e. The average Bonchev–Trinajstić information content (AvgIpc) is 2.45. The van der Waals surface area contributed by atoms with E-state index in [1.54, 1.807) is 6.07 Å². The molecular formula is C15H17N3O2. The largest absolute Gasteiger partial charge is 0.484 e. The molecule has 0 aromatic heterocycles. The van der Waals surface area contributed by atoms with Crippen molar-refractivity contribution < 1.29 is 9.53 Å². The van der Waals surface area contributed by atoms with Crippen LogP contribution in [0.1, 0.15) is 18.4 Å². The summed E-state index contributed by atoms with van der Waals surface area (Å²) < 4.78 is 5.43. The van der Waals surface area contributed by atoms with Gasteiger partial charge >= 0.3 is 0 Å². The van der Waals surface area contributed by atoms with Crippen LogP contribution in [0.25, 0.3) is 0 Å². The quantitative estimate of drug-likeness (QED) is 0.760. The topological polar surface area (TPSA) is 77.1 Å². The maximum absolute atomic E-state index is 12.0. The fourth-order valence-electron chi connectivity index (χ4n) is 1.67. The van der Waals surface area contributed by atoms with Crippen molar-refractivity contribution in [2.24, 2.45) is 0 Å². The Bertz CT molecular complexity index is 511. The number of rotatable bonds is 7. The van der Waals surface area contributed by atoms with E-state index in [4.69, 9.17) is 15.3 Å². The lowest BCUT2D eigenvalue weighted by Gasteiger charge is -2.20. The minimum absolute atomic E-state index is 0.0830. The van der Waals surface area contributed by atoms with Crippen molar-refractivity contribution in [2.75, 3.05) is 19.7 Å². The van der Waals surface area contributed by atoms with Gasteiger partial charge in [0.05, 0.1) is 25.0 Å². The van der Waals surface area contributed by atoms with E-state index in [1.165, 1.54) is 4.90 Å². The first-order valence-corrected chi connectivity index (χ1v) is 6.38. The van der Waals surface area contributed by atoms with Gasteiger partial charge in [-0.05, 0) is 24.6 Å². The van der Waals surface area contributed by atoms with E-state index < -0.39 is 0 Å². The zero-order valence-electron chi connectivity index (χ0n) is 11.5. The van der Waals surface area contributed by atoms with Crippen molar-refractivity contribution in [3.8, 4) is 17.9 Å². The molecule has 1 aromatic carbocycles. The van der Waals surface area contributed by atoms with E-state index in [2.05, 4.69) is 0 Å². The molecule has 0 aliphatic heterocycles. The number of hydrogen-bond acceptors (Lipinski definition) is 4. The molecule has 5 heteroatoms. The van der Waals surface area contributed by atoms with E-state index in [0.717, 1.165) is 5.56 Å². The van der Waals surface area contributed by atoms with Crippen LogP contribution in [0.4, 0.5) is 0 Å². The lowest BCUT2D eigenvalue weighted by atomic mass is 10.2. The molecule has 0 unspecified atom stereocenters. The molecule has 0 N–H and O–H groups in total. The zero-order chi connectivity index (χ0) is 14.8. The van der Waals surface area contributed by atoms with Gasteiger partial charge in [0.15, 0.2) is 6.61 Å². The molecule has 20 heavy (non-hydrogen) atoms. The molecule has 1 aromatic rings. The Morgan fingerprint density at radius 1 is 1.25 bits per heavy atom. The molecule has 1 amide bonds. The van der Waals surface area contributed by atoms with E-state index in [9.17, 15) is 4.79 Å². The van der Waals surface area contributed by atoms with Crippen molar-refractivity contribution in [1.29, 1.82) is 10.5 Å². The molecule has 0 radical (unpaired) electrons. The van der Waals surface area contributed by atoms with Crippen LogP contribution in [0.5, 0.6) is 5.75 Å². The second kappa shape index (κ2) is 8.55. The number of carbonyl (C=O) groups excluding carboxylic acids is 1. The van der Waals surface area contributed by atoms with Crippen LogP contribution in [0.3, 0.4) is 0 Å². The summed E-state index contributed by atoms with van der Waals surface area (Å²) in [5.74, 6) is 0.427. The number of amides is 1. The predicted octanol–water partition coefficient (Wildman–Crippen LogP) is 2.03. The molecule has 1 rings (SSSR count). The molecule has 0 saturated heterocycles. The molecule has 104 valence electrons. The highest BCUT2D eigenvalue weighted by Gasteiger charge is 2.13. The van der Waals surface area contributed by atoms with Crippen molar-refractivity contribution in [1.82, 2.24) is 4.90 Å². The van der Waals surface area contributed by atoms with Gasteiger partial charge in [0.2, 0.25) is 0 Å². The van der Waals surface area contributed by atoms with Crippen LogP contribution in [0.2, 0.25) is 0 Å². The highest BCUT2D eigenvalue weighted by atomic mass is 16.5. The summed E-state index contributed by atoms with van der Waals surface area (Å²) in [6, 6.07) is 11.4. The number of hydrogen-bond donors (Lipinski definition) is 0. The highest BCUT2D eigenvalue weighted by molar-refractivity contribution is 5.77. The Balaban J connectivity index is 2.53. The molecule has 0 aliphatic carbocycles. The van der Waals surface area contributed by atoms with E-state index in [0.29, 0.717) is 18.8 Å². The van der Waals surface area contributed by atoms with Crippen molar-refractivity contribution >= 4 is 5.91 Å². The first kappa shape index (κ1) is 15.5. The Kier molecular flexibility index (Phi) is 6.64. The minimum Gasteiger partial charge on any atom is -0.484 e. The summed E-state index contributed by atoms with van der Waals surface area (Å²) in [6.45, 7) is 2.52. The number of carbonyl (C=O) groups is 1. The van der Waals surface area contributed by atoms with Gasteiger partial charge in [0.1, 0.15) is 5.75 Å². The van der Waals surface area contributed by atoms with Gasteiger partial charge in [-0.3, -0.25) is 4.79 Å². The average molecular weight is 271 g/mol. The van der Waals surface area contributed by atoms with Gasteiger partial charge in [-0.2, -0.15) is 10.5 Å². The number of aryl methyl sites for hydroxylation is 1. The Morgan fingerprint density at radius 3 is 2.45 bits per heavy atom. The first-order valence-electron chi connectivity index (χ1n) is 6.38. The number of nitrogens with zero attached hydrogens (tertiary/aromatic N) is 3. The number of benzene rings is 1. The minimum atomic E-state index is -0.211. The van der Waals surface area contributed by atoms with Gasteiger partial charge in [-0.25, -0.2) is 0 Å². The molecule has 0 fully saturated rings.